The zero-order valence-corrected chi connectivity index (χ0v) is 12.6. The summed E-state index contributed by atoms with van der Waals surface area (Å²) in [5.41, 5.74) is -0.0909. The summed E-state index contributed by atoms with van der Waals surface area (Å²) in [5, 5.41) is 28.9. The second-order valence-electron chi connectivity index (χ2n) is 6.11. The van der Waals surface area contributed by atoms with Crippen LogP contribution in [-0.4, -0.2) is 5.78 Å². The van der Waals surface area contributed by atoms with Crippen molar-refractivity contribution in [1.82, 2.24) is 0 Å². The van der Waals surface area contributed by atoms with Gasteiger partial charge in [-0.2, -0.15) is 15.8 Å². The minimum atomic E-state index is -1.81. The summed E-state index contributed by atoms with van der Waals surface area (Å²) in [6, 6.07) is 15.2. The van der Waals surface area contributed by atoms with Crippen molar-refractivity contribution in [3.63, 3.8) is 0 Å². The second kappa shape index (κ2) is 5.71. The number of rotatable bonds is 1. The van der Waals surface area contributed by atoms with E-state index >= 15 is 0 Å². The lowest BCUT2D eigenvalue weighted by molar-refractivity contribution is -0.121. The van der Waals surface area contributed by atoms with Gasteiger partial charge in [0.25, 0.3) is 0 Å². The molecule has 0 N–H and O–H groups in total. The van der Waals surface area contributed by atoms with Gasteiger partial charge < -0.3 is 0 Å². The van der Waals surface area contributed by atoms with E-state index in [1.807, 2.05) is 48.5 Å². The molecule has 0 amide bonds. The van der Waals surface area contributed by atoms with Crippen LogP contribution in [0.5, 0.6) is 0 Å². The quantitative estimate of drug-likeness (QED) is 0.795. The number of hydrogen-bond acceptors (Lipinski definition) is 4. The van der Waals surface area contributed by atoms with Crippen molar-refractivity contribution >= 4 is 5.78 Å². The van der Waals surface area contributed by atoms with Gasteiger partial charge in [0.15, 0.2) is 0 Å². The minimum Gasteiger partial charge on any atom is -0.290 e. The fourth-order valence-electron chi connectivity index (χ4n) is 4.03. The predicted octanol–water partition coefficient (Wildman–Crippen LogP) is 3.40. The summed E-state index contributed by atoms with van der Waals surface area (Å²) >= 11 is 0. The van der Waals surface area contributed by atoms with Crippen LogP contribution >= 0.6 is 0 Å². The Morgan fingerprint density at radius 2 is 1.74 bits per heavy atom. The molecular formula is C19H15N3O. The lowest BCUT2D eigenvalue weighted by Crippen LogP contribution is -2.45. The van der Waals surface area contributed by atoms with Crippen molar-refractivity contribution in [2.24, 2.45) is 11.3 Å². The molecule has 0 unspecified atom stereocenters. The number of hydrogen-bond donors (Lipinski definition) is 0. The number of benzene rings is 1. The Balaban J connectivity index is 2.29. The summed E-state index contributed by atoms with van der Waals surface area (Å²) in [6.07, 6.45) is 3.43. The summed E-state index contributed by atoms with van der Waals surface area (Å²) in [5.74, 6) is -1.21. The van der Waals surface area contributed by atoms with Gasteiger partial charge in [-0.05, 0) is 36.3 Å². The Morgan fingerprint density at radius 1 is 1.04 bits per heavy atom. The first-order valence-corrected chi connectivity index (χ1v) is 7.75. The predicted molar refractivity (Wildman–Crippen MR) is 82.4 cm³/mol. The smallest absolute Gasteiger partial charge is 0.214 e. The summed E-state index contributed by atoms with van der Waals surface area (Å²) < 4.78 is 0. The van der Waals surface area contributed by atoms with Crippen molar-refractivity contribution < 1.29 is 4.79 Å². The average Bonchev–Trinajstić information content (AvgIpc) is 2.61. The molecule has 0 heterocycles. The Labute approximate surface area is 135 Å². The number of Topliss-reactive ketones (excluding diaryl/α,β-unsaturated/α-hetero) is 1. The largest absolute Gasteiger partial charge is 0.290 e. The second-order valence-corrected chi connectivity index (χ2v) is 6.11. The highest BCUT2D eigenvalue weighted by atomic mass is 16.1. The Bertz CT molecular complexity index is 788. The van der Waals surface area contributed by atoms with E-state index in [9.17, 15) is 20.6 Å². The highest BCUT2D eigenvalue weighted by molar-refractivity contribution is 6.09. The van der Waals surface area contributed by atoms with Crippen LogP contribution in [-0.2, 0) is 4.79 Å². The van der Waals surface area contributed by atoms with Gasteiger partial charge in [-0.3, -0.25) is 4.79 Å². The van der Waals surface area contributed by atoms with Crippen LogP contribution in [0.3, 0.4) is 0 Å². The van der Waals surface area contributed by atoms with Gasteiger partial charge in [-0.15, -0.1) is 0 Å². The first kappa shape index (κ1) is 15.0. The molecule has 1 saturated carbocycles. The molecule has 112 valence electrons. The third-order valence-corrected chi connectivity index (χ3v) is 5.06. The molecule has 2 aliphatic carbocycles. The molecule has 0 spiro atoms. The molecular weight excluding hydrogens is 286 g/mol. The van der Waals surface area contributed by atoms with Crippen LogP contribution in [0.1, 0.15) is 37.2 Å². The molecule has 0 aliphatic heterocycles. The first-order valence-electron chi connectivity index (χ1n) is 7.75. The maximum atomic E-state index is 12.9. The van der Waals surface area contributed by atoms with E-state index in [0.717, 1.165) is 30.4 Å². The van der Waals surface area contributed by atoms with E-state index in [-0.39, 0.29) is 11.5 Å². The van der Waals surface area contributed by atoms with E-state index in [0.29, 0.717) is 6.42 Å². The molecule has 1 aromatic carbocycles. The Morgan fingerprint density at radius 3 is 2.35 bits per heavy atom. The van der Waals surface area contributed by atoms with Gasteiger partial charge in [-0.25, -0.2) is 0 Å². The highest BCUT2D eigenvalue weighted by Crippen LogP contribution is 2.54. The van der Waals surface area contributed by atoms with E-state index in [2.05, 4.69) is 0 Å². The van der Waals surface area contributed by atoms with E-state index in [1.54, 1.807) is 0 Å². The lowest BCUT2D eigenvalue weighted by atomic mass is 9.55. The van der Waals surface area contributed by atoms with Gasteiger partial charge in [0.2, 0.25) is 11.2 Å². The SMILES string of the molecule is N#CC1=C2CCCC[C@H]2[C@@H](c2ccccc2)C(C#N)(C#N)C1=O. The van der Waals surface area contributed by atoms with Gasteiger partial charge >= 0.3 is 0 Å². The van der Waals surface area contributed by atoms with Crippen molar-refractivity contribution in [2.75, 3.05) is 0 Å². The topological polar surface area (TPSA) is 88.4 Å². The summed E-state index contributed by atoms with van der Waals surface area (Å²) in [7, 11) is 0. The van der Waals surface area contributed by atoms with Crippen molar-refractivity contribution in [3.05, 3.63) is 47.0 Å². The molecule has 3 rings (SSSR count). The number of nitrogens with zero attached hydrogens (tertiary/aromatic N) is 3. The van der Waals surface area contributed by atoms with Gasteiger partial charge in [0.05, 0.1) is 17.7 Å². The van der Waals surface area contributed by atoms with Crippen LogP contribution in [0.15, 0.2) is 41.5 Å². The first-order chi connectivity index (χ1) is 11.2. The molecule has 4 nitrogen and oxygen atoms in total. The van der Waals surface area contributed by atoms with Crippen LogP contribution in [0.2, 0.25) is 0 Å². The standard InChI is InChI=1S/C19H15N3O/c20-10-16-14-8-4-5-9-15(14)17(13-6-2-1-3-7-13)19(11-21,12-22)18(16)23/h1-3,6-7,15,17H,4-5,8-9H2/t15-,17-/m1/s1. The zero-order chi connectivity index (χ0) is 16.4. The van der Waals surface area contributed by atoms with Crippen molar-refractivity contribution in [3.8, 4) is 18.2 Å². The molecule has 2 aliphatic rings. The highest BCUT2D eigenvalue weighted by Gasteiger charge is 2.56. The van der Waals surface area contributed by atoms with Crippen molar-refractivity contribution in [1.29, 1.82) is 15.8 Å². The van der Waals surface area contributed by atoms with E-state index in [4.69, 9.17) is 0 Å². The van der Waals surface area contributed by atoms with Crippen LogP contribution < -0.4 is 0 Å². The molecule has 1 fully saturated rings. The summed E-state index contributed by atoms with van der Waals surface area (Å²) in [4.78, 5) is 12.9. The maximum Gasteiger partial charge on any atom is 0.214 e. The lowest BCUT2D eigenvalue weighted by Gasteiger charge is -2.42. The molecule has 0 bridgehead atoms. The number of ketones is 1. The third-order valence-electron chi connectivity index (χ3n) is 5.06. The summed E-state index contributed by atoms with van der Waals surface area (Å²) in [6.45, 7) is 0. The Kier molecular flexibility index (Phi) is 3.73. The number of carbonyl (C=O) groups is 1. The molecule has 2 atom stereocenters. The number of fused-ring (bicyclic) bond motifs is 1. The molecule has 23 heavy (non-hydrogen) atoms. The van der Waals surface area contributed by atoms with Gasteiger partial charge in [0.1, 0.15) is 6.07 Å². The maximum absolute atomic E-state index is 12.9. The van der Waals surface area contributed by atoms with Gasteiger partial charge in [0, 0.05) is 5.92 Å². The fraction of sp³-hybridized carbons (Fsp3) is 0.368. The molecule has 4 heteroatoms. The van der Waals surface area contributed by atoms with Crippen LogP contribution in [0.4, 0.5) is 0 Å². The molecule has 0 saturated heterocycles. The molecule has 0 radical (unpaired) electrons. The average molecular weight is 301 g/mol. The zero-order valence-electron chi connectivity index (χ0n) is 12.6. The van der Waals surface area contributed by atoms with E-state index in [1.165, 1.54) is 0 Å². The van der Waals surface area contributed by atoms with Gasteiger partial charge in [-0.1, -0.05) is 36.8 Å². The van der Waals surface area contributed by atoms with Crippen LogP contribution in [0, 0.1) is 45.3 Å². The van der Waals surface area contributed by atoms with E-state index < -0.39 is 17.1 Å². The normalized spacial score (nSPS) is 25.7. The van der Waals surface area contributed by atoms with Crippen molar-refractivity contribution in [2.45, 2.75) is 31.6 Å². The number of carbonyl (C=O) groups excluding carboxylic acids is 1. The number of nitriles is 3. The Hall–Kier alpha value is -2.90. The third kappa shape index (κ3) is 2.06. The minimum absolute atomic E-state index is 0.0463. The van der Waals surface area contributed by atoms with Crippen LogP contribution in [0.25, 0.3) is 0 Å². The number of allylic oxidation sites excluding steroid dienone is 2. The molecule has 0 aromatic heterocycles. The molecule has 1 aromatic rings. The monoisotopic (exact) mass is 301 g/mol. The fourth-order valence-corrected chi connectivity index (χ4v) is 4.03.